The van der Waals surface area contributed by atoms with E-state index in [-0.39, 0.29) is 11.8 Å². The van der Waals surface area contributed by atoms with Gasteiger partial charge < -0.3 is 0 Å². The van der Waals surface area contributed by atoms with Crippen molar-refractivity contribution in [2.45, 2.75) is 17.2 Å². The number of fused-ring (bicyclic) bond motifs is 2. The lowest BCUT2D eigenvalue weighted by molar-refractivity contribution is -0.129. The Balaban J connectivity index is 1.98. The average molecular weight is 389 g/mol. The summed E-state index contributed by atoms with van der Waals surface area (Å²) in [4.78, 5) is 28.0. The predicted molar refractivity (Wildman–Crippen MR) is 104 cm³/mol. The van der Waals surface area contributed by atoms with E-state index in [1.165, 1.54) is 18.7 Å². The minimum Gasteiger partial charge on any atom is -0.275 e. The number of thiocarbonyl (C=S) groups is 1. The fourth-order valence-electron chi connectivity index (χ4n) is 3.35. The molecule has 126 valence electrons. The molecule has 2 aromatic carbocycles. The molecule has 0 spiro atoms. The zero-order chi connectivity index (χ0) is 17.8. The Morgan fingerprint density at radius 2 is 1.80 bits per heavy atom. The van der Waals surface area contributed by atoms with E-state index in [9.17, 15) is 9.59 Å². The summed E-state index contributed by atoms with van der Waals surface area (Å²) < 4.78 is 0. The van der Waals surface area contributed by atoms with Gasteiger partial charge in [0.2, 0.25) is 16.8 Å². The van der Waals surface area contributed by atoms with E-state index in [0.717, 1.165) is 11.3 Å². The Morgan fingerprint density at radius 1 is 1.16 bits per heavy atom. The number of hydrogen-bond acceptors (Lipinski definition) is 4. The largest absolute Gasteiger partial charge is 0.275 e. The number of amides is 2. The van der Waals surface area contributed by atoms with Crippen molar-refractivity contribution < 1.29 is 9.59 Å². The van der Waals surface area contributed by atoms with E-state index in [0.29, 0.717) is 10.0 Å². The molecule has 0 aromatic heterocycles. The number of thioether (sulfide) groups is 1. The summed E-state index contributed by atoms with van der Waals surface area (Å²) in [5, 5.41) is 0.0435. The smallest absolute Gasteiger partial charge is 0.250 e. The molecule has 2 amide bonds. The van der Waals surface area contributed by atoms with Crippen LogP contribution in [0.5, 0.6) is 0 Å². The molecule has 4 rings (SSSR count). The van der Waals surface area contributed by atoms with Gasteiger partial charge in [-0.05, 0) is 24.3 Å². The molecule has 2 atom stereocenters. The third-order valence-corrected chi connectivity index (χ3v) is 6.74. The number of carbonyl (C=O) groups excluding carboxylic acids is 2. The Labute approximate surface area is 159 Å². The van der Waals surface area contributed by atoms with Gasteiger partial charge in [0.25, 0.3) is 0 Å². The molecule has 7 heteroatoms. The summed E-state index contributed by atoms with van der Waals surface area (Å²) in [6.45, 7) is 1.47. The van der Waals surface area contributed by atoms with E-state index in [1.807, 2.05) is 42.5 Å². The maximum absolute atomic E-state index is 13.0. The lowest BCUT2D eigenvalue weighted by atomic mass is 10.0. The topological polar surface area (TPSA) is 40.6 Å². The summed E-state index contributed by atoms with van der Waals surface area (Å²) in [6.07, 6.45) is 0. The highest BCUT2D eigenvalue weighted by Gasteiger charge is 2.66. The maximum atomic E-state index is 13.0. The van der Waals surface area contributed by atoms with E-state index >= 15 is 0 Å². The van der Waals surface area contributed by atoms with E-state index in [4.69, 9.17) is 23.8 Å². The van der Waals surface area contributed by atoms with Gasteiger partial charge in [0.1, 0.15) is 10.2 Å². The molecule has 0 aliphatic carbocycles. The highest BCUT2D eigenvalue weighted by atomic mass is 35.5. The van der Waals surface area contributed by atoms with Crippen LogP contribution in [0.3, 0.4) is 0 Å². The van der Waals surface area contributed by atoms with Crippen molar-refractivity contribution in [2.24, 2.45) is 0 Å². The lowest BCUT2D eigenvalue weighted by Crippen LogP contribution is -2.61. The molecule has 2 aromatic rings. The molecule has 2 saturated heterocycles. The molecule has 0 saturated carbocycles. The molecule has 2 aliphatic heterocycles. The molecule has 2 heterocycles. The molecule has 2 aliphatic rings. The molecule has 0 radical (unpaired) electrons. The van der Waals surface area contributed by atoms with Gasteiger partial charge >= 0.3 is 0 Å². The summed E-state index contributed by atoms with van der Waals surface area (Å²) in [5.41, 5.74) is 1.52. The Bertz CT molecular complexity index is 888. The summed E-state index contributed by atoms with van der Waals surface area (Å²) in [7, 11) is 0. The minimum absolute atomic E-state index is 0.103. The van der Waals surface area contributed by atoms with Crippen molar-refractivity contribution >= 4 is 58.1 Å². The first-order chi connectivity index (χ1) is 12.0. The van der Waals surface area contributed by atoms with E-state index in [1.54, 1.807) is 21.9 Å². The number of anilines is 1. The normalized spacial score (nSPS) is 25.0. The van der Waals surface area contributed by atoms with Crippen LogP contribution >= 0.6 is 35.6 Å². The molecular weight excluding hydrogens is 376 g/mol. The predicted octanol–water partition coefficient (Wildman–Crippen LogP) is 3.79. The van der Waals surface area contributed by atoms with Gasteiger partial charge in [0, 0.05) is 23.2 Å². The molecule has 2 unspecified atom stereocenters. The lowest BCUT2D eigenvalue weighted by Gasteiger charge is -2.44. The highest BCUT2D eigenvalue weighted by Crippen LogP contribution is 2.58. The minimum atomic E-state index is -1.02. The maximum Gasteiger partial charge on any atom is 0.250 e. The SMILES string of the molecule is CC(=O)N1C(=S)C2SC1(c1ccc(Cl)cc1)N(c1ccccc1)C2=O. The number of rotatable bonds is 2. The number of hydrogen-bond donors (Lipinski definition) is 0. The number of nitrogens with zero attached hydrogens (tertiary/aromatic N) is 2. The summed E-state index contributed by atoms with van der Waals surface area (Å²) >= 11 is 12.9. The summed E-state index contributed by atoms with van der Waals surface area (Å²) in [6, 6.07) is 16.5. The van der Waals surface area contributed by atoms with E-state index < -0.39 is 10.2 Å². The first-order valence-electron chi connectivity index (χ1n) is 7.64. The Hall–Kier alpha value is -1.89. The zero-order valence-electron chi connectivity index (χ0n) is 13.2. The second kappa shape index (κ2) is 5.83. The van der Waals surface area contributed by atoms with Crippen molar-refractivity contribution in [3.8, 4) is 0 Å². The first kappa shape index (κ1) is 16.6. The van der Waals surface area contributed by atoms with Crippen LogP contribution in [0.15, 0.2) is 54.6 Å². The van der Waals surface area contributed by atoms with Gasteiger partial charge in [0.05, 0.1) is 0 Å². The number of halogens is 1. The van der Waals surface area contributed by atoms with Crippen LogP contribution in [-0.4, -0.2) is 27.0 Å². The molecular formula is C18H13ClN2O2S2. The Morgan fingerprint density at radius 3 is 2.40 bits per heavy atom. The van der Waals surface area contributed by atoms with Crippen molar-refractivity contribution in [3.05, 3.63) is 65.2 Å². The molecule has 4 nitrogen and oxygen atoms in total. The van der Waals surface area contributed by atoms with Crippen LogP contribution in [0, 0.1) is 0 Å². The van der Waals surface area contributed by atoms with Crippen LogP contribution in [0.2, 0.25) is 5.02 Å². The van der Waals surface area contributed by atoms with Crippen LogP contribution < -0.4 is 4.90 Å². The van der Waals surface area contributed by atoms with Crippen molar-refractivity contribution in [3.63, 3.8) is 0 Å². The van der Waals surface area contributed by atoms with Gasteiger partial charge in [0.15, 0.2) is 0 Å². The van der Waals surface area contributed by atoms with Crippen LogP contribution in [0.25, 0.3) is 0 Å². The van der Waals surface area contributed by atoms with Gasteiger partial charge in [-0.1, -0.05) is 65.9 Å². The quantitative estimate of drug-likeness (QED) is 0.734. The van der Waals surface area contributed by atoms with Crippen LogP contribution in [0.4, 0.5) is 5.69 Å². The number of benzene rings is 2. The van der Waals surface area contributed by atoms with Crippen molar-refractivity contribution in [1.29, 1.82) is 0 Å². The van der Waals surface area contributed by atoms with Crippen molar-refractivity contribution in [2.75, 3.05) is 4.90 Å². The second-order valence-corrected chi connectivity index (χ2v) is 7.95. The van der Waals surface area contributed by atoms with Gasteiger partial charge in [-0.2, -0.15) is 0 Å². The van der Waals surface area contributed by atoms with E-state index in [2.05, 4.69) is 0 Å². The van der Waals surface area contributed by atoms with Crippen LogP contribution in [0.1, 0.15) is 12.5 Å². The molecule has 2 bridgehead atoms. The molecule has 2 fully saturated rings. The van der Waals surface area contributed by atoms with Gasteiger partial charge in [-0.3, -0.25) is 19.4 Å². The summed E-state index contributed by atoms with van der Waals surface area (Å²) in [5.74, 6) is -0.294. The molecule has 0 N–H and O–H groups in total. The first-order valence-corrected chi connectivity index (χ1v) is 9.31. The van der Waals surface area contributed by atoms with Gasteiger partial charge in [-0.15, -0.1) is 0 Å². The number of para-hydroxylation sites is 1. The Kier molecular flexibility index (Phi) is 3.86. The fraction of sp³-hybridized carbons (Fsp3) is 0.167. The third-order valence-electron chi connectivity index (χ3n) is 4.33. The second-order valence-electron chi connectivity index (χ2n) is 5.81. The van der Waals surface area contributed by atoms with Crippen LogP contribution in [-0.2, 0) is 14.6 Å². The monoisotopic (exact) mass is 388 g/mol. The zero-order valence-corrected chi connectivity index (χ0v) is 15.6. The number of carbonyl (C=O) groups is 2. The fourth-order valence-corrected chi connectivity index (χ4v) is 5.69. The standard InChI is InChI=1S/C18H13ClN2O2S2/c1-11(22)20-17(24)15-16(23)21(14-5-3-2-4-6-14)18(20,25-15)12-7-9-13(19)10-8-12/h2-10,15H,1H3. The molecule has 25 heavy (non-hydrogen) atoms. The van der Waals surface area contributed by atoms with Crippen molar-refractivity contribution in [1.82, 2.24) is 4.90 Å². The third kappa shape index (κ3) is 2.25. The average Bonchev–Trinajstić information content (AvgIpc) is 3.06. The van der Waals surface area contributed by atoms with Gasteiger partial charge in [-0.25, -0.2) is 0 Å². The highest BCUT2D eigenvalue weighted by molar-refractivity contribution is 8.05.